The van der Waals surface area contributed by atoms with E-state index < -0.39 is 14.4 Å². The van der Waals surface area contributed by atoms with Crippen LogP contribution in [-0.2, 0) is 4.43 Å². The molecule has 3 heteroatoms. The van der Waals surface area contributed by atoms with Crippen molar-refractivity contribution in [1.82, 2.24) is 0 Å². The van der Waals surface area contributed by atoms with Crippen LogP contribution >= 0.6 is 0 Å². The van der Waals surface area contributed by atoms with Gasteiger partial charge in [0.25, 0.3) is 0 Å². The Balaban J connectivity index is 4.39. The van der Waals surface area contributed by atoms with E-state index in [0.717, 1.165) is 0 Å². The first-order valence-corrected chi connectivity index (χ1v) is 8.49. The molecule has 0 unspecified atom stereocenters. The normalized spacial score (nSPS) is 17.3. The van der Waals surface area contributed by atoms with Crippen molar-refractivity contribution in [3.05, 3.63) is 12.7 Å². The smallest absolute Gasteiger partial charge is 0.192 e. The number of hydrogen-bond acceptors (Lipinski definition) is 2. The van der Waals surface area contributed by atoms with Crippen LogP contribution in [0.15, 0.2) is 12.7 Å². The number of hydrogen-bond donors (Lipinski definition) is 1. The van der Waals surface area contributed by atoms with Crippen LogP contribution in [0.4, 0.5) is 0 Å². The molecule has 0 heterocycles. The molecule has 0 amide bonds. The molecule has 0 radical (unpaired) electrons. The minimum absolute atomic E-state index is 0.108. The lowest BCUT2D eigenvalue weighted by Gasteiger charge is -2.39. The minimum atomic E-state index is -1.75. The Kier molecular flexibility index (Phi) is 5.24. The Morgan fingerprint density at radius 2 is 1.87 bits per heavy atom. The van der Waals surface area contributed by atoms with Crippen LogP contribution in [0, 0.1) is 0 Å². The zero-order valence-corrected chi connectivity index (χ0v) is 12.0. The number of rotatable bonds is 5. The SMILES string of the molecule is C=CC[C@H](O)[C@H](C)O[Si](C)(C)C(C)(C)C. The number of aliphatic hydroxyl groups is 1. The monoisotopic (exact) mass is 230 g/mol. The van der Waals surface area contributed by atoms with Crippen molar-refractivity contribution >= 4 is 8.32 Å². The molecule has 90 valence electrons. The highest BCUT2D eigenvalue weighted by Gasteiger charge is 2.39. The van der Waals surface area contributed by atoms with Crippen molar-refractivity contribution in [3.8, 4) is 0 Å². The summed E-state index contributed by atoms with van der Waals surface area (Å²) in [5.41, 5.74) is 0. The lowest BCUT2D eigenvalue weighted by atomic mass is 10.2. The van der Waals surface area contributed by atoms with Gasteiger partial charge in [0.15, 0.2) is 8.32 Å². The van der Waals surface area contributed by atoms with Crippen molar-refractivity contribution in [2.75, 3.05) is 0 Å². The van der Waals surface area contributed by atoms with E-state index in [1.165, 1.54) is 0 Å². The summed E-state index contributed by atoms with van der Waals surface area (Å²) in [5.74, 6) is 0. The van der Waals surface area contributed by atoms with Gasteiger partial charge in [0.2, 0.25) is 0 Å². The zero-order chi connectivity index (χ0) is 12.3. The van der Waals surface area contributed by atoms with Gasteiger partial charge in [0.1, 0.15) is 0 Å². The first-order chi connectivity index (χ1) is 6.62. The van der Waals surface area contributed by atoms with Crippen LogP contribution in [-0.4, -0.2) is 25.6 Å². The second-order valence-corrected chi connectivity index (χ2v) is 10.4. The van der Waals surface area contributed by atoms with Gasteiger partial charge in [0.05, 0.1) is 12.2 Å². The third-order valence-corrected chi connectivity index (χ3v) is 7.81. The fourth-order valence-corrected chi connectivity index (χ4v) is 2.52. The lowest BCUT2D eigenvalue weighted by molar-refractivity contribution is 0.0410. The topological polar surface area (TPSA) is 29.5 Å². The Morgan fingerprint density at radius 1 is 1.40 bits per heavy atom. The van der Waals surface area contributed by atoms with Crippen LogP contribution in [0.1, 0.15) is 34.1 Å². The van der Waals surface area contributed by atoms with Gasteiger partial charge in [-0.05, 0) is 31.5 Å². The maximum atomic E-state index is 9.77. The second-order valence-electron chi connectivity index (χ2n) is 5.68. The maximum Gasteiger partial charge on any atom is 0.192 e. The van der Waals surface area contributed by atoms with Crippen LogP contribution in [0.3, 0.4) is 0 Å². The Labute approximate surface area is 95.5 Å². The van der Waals surface area contributed by atoms with Gasteiger partial charge in [-0.25, -0.2) is 0 Å². The molecule has 0 saturated carbocycles. The van der Waals surface area contributed by atoms with Crippen LogP contribution in [0.5, 0.6) is 0 Å². The molecule has 0 saturated heterocycles. The quantitative estimate of drug-likeness (QED) is 0.580. The first kappa shape index (κ1) is 14.9. The van der Waals surface area contributed by atoms with Gasteiger partial charge < -0.3 is 9.53 Å². The van der Waals surface area contributed by atoms with Crippen LogP contribution < -0.4 is 0 Å². The summed E-state index contributed by atoms with van der Waals surface area (Å²) in [5, 5.41) is 9.96. The fourth-order valence-electron chi connectivity index (χ4n) is 1.08. The van der Waals surface area contributed by atoms with Gasteiger partial charge in [-0.2, -0.15) is 0 Å². The Morgan fingerprint density at radius 3 is 2.20 bits per heavy atom. The Bertz CT molecular complexity index is 206. The summed E-state index contributed by atoms with van der Waals surface area (Å²) in [6.45, 7) is 16.6. The van der Waals surface area contributed by atoms with Gasteiger partial charge in [0, 0.05) is 0 Å². The summed E-state index contributed by atoms with van der Waals surface area (Å²) in [6.07, 6.45) is 1.78. The molecule has 0 aromatic rings. The van der Waals surface area contributed by atoms with E-state index in [1.807, 2.05) is 6.92 Å². The third-order valence-electron chi connectivity index (χ3n) is 3.24. The van der Waals surface area contributed by atoms with E-state index in [-0.39, 0.29) is 11.1 Å². The van der Waals surface area contributed by atoms with Gasteiger partial charge in [-0.1, -0.05) is 26.8 Å². The molecule has 0 fully saturated rings. The maximum absolute atomic E-state index is 9.77. The van der Waals surface area contributed by atoms with E-state index in [9.17, 15) is 5.11 Å². The highest BCUT2D eigenvalue weighted by Crippen LogP contribution is 2.37. The van der Waals surface area contributed by atoms with Crippen molar-refractivity contribution in [2.24, 2.45) is 0 Å². The first-order valence-electron chi connectivity index (χ1n) is 5.58. The predicted molar refractivity (Wildman–Crippen MR) is 68.6 cm³/mol. The molecule has 15 heavy (non-hydrogen) atoms. The minimum Gasteiger partial charge on any atom is -0.412 e. The molecule has 0 bridgehead atoms. The molecule has 0 spiro atoms. The van der Waals surface area contributed by atoms with Crippen molar-refractivity contribution < 1.29 is 9.53 Å². The third kappa shape index (κ3) is 4.49. The van der Waals surface area contributed by atoms with Crippen LogP contribution in [0.25, 0.3) is 0 Å². The van der Waals surface area contributed by atoms with Crippen molar-refractivity contribution in [3.63, 3.8) is 0 Å². The van der Waals surface area contributed by atoms with Gasteiger partial charge >= 0.3 is 0 Å². The molecule has 1 N–H and O–H groups in total. The van der Waals surface area contributed by atoms with E-state index >= 15 is 0 Å². The molecule has 2 nitrogen and oxygen atoms in total. The molecule has 0 aromatic carbocycles. The highest BCUT2D eigenvalue weighted by molar-refractivity contribution is 6.74. The van der Waals surface area contributed by atoms with E-state index in [0.29, 0.717) is 6.42 Å². The highest BCUT2D eigenvalue weighted by atomic mass is 28.4. The lowest BCUT2D eigenvalue weighted by Crippen LogP contribution is -2.46. The van der Waals surface area contributed by atoms with Gasteiger partial charge in [-0.15, -0.1) is 6.58 Å². The second kappa shape index (κ2) is 5.28. The van der Waals surface area contributed by atoms with Crippen molar-refractivity contribution in [2.45, 2.75) is 64.5 Å². The molecule has 0 aliphatic heterocycles. The summed E-state index contributed by atoms with van der Waals surface area (Å²) >= 11 is 0. The van der Waals surface area contributed by atoms with E-state index in [2.05, 4.69) is 40.4 Å². The molecule has 2 atom stereocenters. The largest absolute Gasteiger partial charge is 0.412 e. The van der Waals surface area contributed by atoms with E-state index in [1.54, 1.807) is 6.08 Å². The number of aliphatic hydroxyl groups excluding tert-OH is 1. The fraction of sp³-hybridized carbons (Fsp3) is 0.833. The van der Waals surface area contributed by atoms with Crippen molar-refractivity contribution in [1.29, 1.82) is 0 Å². The standard InChI is InChI=1S/C12H26O2Si/c1-8-9-11(13)10(2)14-15(6,7)12(3,4)5/h8,10-11,13H,1,9H2,2-7H3/t10-,11-/m0/s1. The molecule has 0 aromatic heterocycles. The molecule has 0 rings (SSSR count). The molecular formula is C12H26O2Si. The zero-order valence-electron chi connectivity index (χ0n) is 11.0. The summed E-state index contributed by atoms with van der Waals surface area (Å²) in [6, 6.07) is 0. The molecule has 0 aliphatic rings. The van der Waals surface area contributed by atoms with Gasteiger partial charge in [-0.3, -0.25) is 0 Å². The van der Waals surface area contributed by atoms with E-state index in [4.69, 9.17) is 4.43 Å². The molecular weight excluding hydrogens is 204 g/mol. The summed E-state index contributed by atoms with van der Waals surface area (Å²) < 4.78 is 6.06. The average Bonchev–Trinajstić information content (AvgIpc) is 2.01. The summed E-state index contributed by atoms with van der Waals surface area (Å²) in [7, 11) is -1.75. The average molecular weight is 230 g/mol. The molecule has 0 aliphatic carbocycles. The summed E-state index contributed by atoms with van der Waals surface area (Å²) in [4.78, 5) is 0. The predicted octanol–water partition coefficient (Wildman–Crippen LogP) is 3.33. The van der Waals surface area contributed by atoms with Crippen LogP contribution in [0.2, 0.25) is 18.1 Å². The Hall–Kier alpha value is -0.123.